The SMILES string of the molecule is COC(=O)NC1CCCC1CN. The summed E-state index contributed by atoms with van der Waals surface area (Å²) in [7, 11) is 1.38. The molecule has 12 heavy (non-hydrogen) atoms. The molecule has 4 nitrogen and oxygen atoms in total. The Bertz CT molecular complexity index is 161. The molecule has 0 spiro atoms. The van der Waals surface area contributed by atoms with Gasteiger partial charge in [-0.05, 0) is 25.3 Å². The van der Waals surface area contributed by atoms with E-state index in [0.717, 1.165) is 19.3 Å². The summed E-state index contributed by atoms with van der Waals surface area (Å²) in [5, 5.41) is 2.79. The van der Waals surface area contributed by atoms with Crippen molar-refractivity contribution >= 4 is 6.09 Å². The largest absolute Gasteiger partial charge is 0.453 e. The lowest BCUT2D eigenvalue weighted by molar-refractivity contribution is 0.164. The second kappa shape index (κ2) is 4.30. The zero-order valence-electron chi connectivity index (χ0n) is 7.38. The third-order valence-electron chi connectivity index (χ3n) is 2.45. The van der Waals surface area contributed by atoms with Gasteiger partial charge in [0.1, 0.15) is 0 Å². The second-order valence-corrected chi connectivity index (χ2v) is 3.17. The van der Waals surface area contributed by atoms with Crippen LogP contribution in [0.2, 0.25) is 0 Å². The number of hydrogen-bond donors (Lipinski definition) is 2. The molecule has 0 saturated heterocycles. The lowest BCUT2D eigenvalue weighted by Crippen LogP contribution is -2.39. The van der Waals surface area contributed by atoms with Crippen LogP contribution in [-0.2, 0) is 4.74 Å². The Morgan fingerprint density at radius 2 is 2.42 bits per heavy atom. The molecule has 70 valence electrons. The average molecular weight is 172 g/mol. The number of carbonyl (C=O) groups is 1. The van der Waals surface area contributed by atoms with E-state index < -0.39 is 0 Å². The first-order valence-electron chi connectivity index (χ1n) is 4.32. The highest BCUT2D eigenvalue weighted by Crippen LogP contribution is 2.24. The van der Waals surface area contributed by atoms with Gasteiger partial charge in [0.2, 0.25) is 0 Å². The van der Waals surface area contributed by atoms with Gasteiger partial charge < -0.3 is 15.8 Å². The summed E-state index contributed by atoms with van der Waals surface area (Å²) >= 11 is 0. The van der Waals surface area contributed by atoms with Crippen molar-refractivity contribution in [2.24, 2.45) is 11.7 Å². The van der Waals surface area contributed by atoms with E-state index in [1.807, 2.05) is 0 Å². The van der Waals surface area contributed by atoms with Crippen molar-refractivity contribution in [1.29, 1.82) is 0 Å². The highest BCUT2D eigenvalue weighted by Gasteiger charge is 2.27. The summed E-state index contributed by atoms with van der Waals surface area (Å²) in [5.74, 6) is 0.434. The van der Waals surface area contributed by atoms with Crippen LogP contribution < -0.4 is 11.1 Å². The Hall–Kier alpha value is -0.770. The number of hydrogen-bond acceptors (Lipinski definition) is 3. The normalized spacial score (nSPS) is 28.5. The molecule has 1 aliphatic rings. The number of amides is 1. The lowest BCUT2D eigenvalue weighted by Gasteiger charge is -2.18. The maximum atomic E-state index is 10.9. The summed E-state index contributed by atoms with van der Waals surface area (Å²) in [6.07, 6.45) is 2.94. The van der Waals surface area contributed by atoms with Gasteiger partial charge in [0.15, 0.2) is 0 Å². The van der Waals surface area contributed by atoms with E-state index in [1.54, 1.807) is 0 Å². The Morgan fingerprint density at radius 1 is 1.67 bits per heavy atom. The number of alkyl carbamates (subject to hydrolysis) is 1. The van der Waals surface area contributed by atoms with E-state index in [0.29, 0.717) is 12.5 Å². The standard InChI is InChI=1S/C8H16N2O2/c1-12-8(11)10-7-4-2-3-6(7)5-9/h6-7H,2-5,9H2,1H3,(H,10,11). The molecule has 0 heterocycles. The van der Waals surface area contributed by atoms with Crippen LogP contribution in [0, 0.1) is 5.92 Å². The van der Waals surface area contributed by atoms with E-state index in [-0.39, 0.29) is 12.1 Å². The van der Waals surface area contributed by atoms with Crippen LogP contribution in [0.1, 0.15) is 19.3 Å². The van der Waals surface area contributed by atoms with Crippen LogP contribution >= 0.6 is 0 Å². The maximum Gasteiger partial charge on any atom is 0.407 e. The third-order valence-corrected chi connectivity index (χ3v) is 2.45. The van der Waals surface area contributed by atoms with E-state index >= 15 is 0 Å². The molecule has 0 aromatic carbocycles. The minimum Gasteiger partial charge on any atom is -0.453 e. The first-order chi connectivity index (χ1) is 5.77. The Labute approximate surface area is 72.5 Å². The smallest absolute Gasteiger partial charge is 0.407 e. The fraction of sp³-hybridized carbons (Fsp3) is 0.875. The monoisotopic (exact) mass is 172 g/mol. The molecule has 1 aliphatic carbocycles. The van der Waals surface area contributed by atoms with Crippen LogP contribution in [0.25, 0.3) is 0 Å². The quantitative estimate of drug-likeness (QED) is 0.636. The molecular weight excluding hydrogens is 156 g/mol. The molecule has 2 atom stereocenters. The van der Waals surface area contributed by atoms with E-state index in [1.165, 1.54) is 7.11 Å². The van der Waals surface area contributed by atoms with E-state index in [9.17, 15) is 4.79 Å². The lowest BCUT2D eigenvalue weighted by atomic mass is 10.0. The summed E-state index contributed by atoms with van der Waals surface area (Å²) < 4.78 is 4.51. The molecule has 0 aliphatic heterocycles. The zero-order chi connectivity index (χ0) is 8.97. The molecule has 1 fully saturated rings. The van der Waals surface area contributed by atoms with Gasteiger partial charge in [0, 0.05) is 6.04 Å². The summed E-state index contributed by atoms with van der Waals surface area (Å²) in [5.41, 5.74) is 5.55. The highest BCUT2D eigenvalue weighted by atomic mass is 16.5. The molecule has 0 aromatic heterocycles. The minimum absolute atomic E-state index is 0.224. The van der Waals surface area contributed by atoms with Crippen molar-refractivity contribution in [2.75, 3.05) is 13.7 Å². The molecule has 1 rings (SSSR count). The minimum atomic E-state index is -0.347. The van der Waals surface area contributed by atoms with E-state index in [2.05, 4.69) is 10.1 Å². The number of nitrogens with one attached hydrogen (secondary N) is 1. The van der Waals surface area contributed by atoms with Crippen molar-refractivity contribution < 1.29 is 9.53 Å². The first-order valence-corrected chi connectivity index (χ1v) is 4.32. The Kier molecular flexibility index (Phi) is 3.34. The molecule has 4 heteroatoms. The molecule has 1 saturated carbocycles. The average Bonchev–Trinajstić information content (AvgIpc) is 2.51. The van der Waals surface area contributed by atoms with Crippen molar-refractivity contribution in [3.8, 4) is 0 Å². The fourth-order valence-corrected chi connectivity index (χ4v) is 1.72. The number of nitrogens with two attached hydrogens (primary N) is 1. The number of rotatable bonds is 2. The summed E-state index contributed by atoms with van der Waals surface area (Å²) in [6.45, 7) is 0.647. The first kappa shape index (κ1) is 9.32. The molecular formula is C8H16N2O2. The molecule has 0 aromatic rings. The number of ether oxygens (including phenoxy) is 1. The Morgan fingerprint density at radius 3 is 3.00 bits per heavy atom. The molecule has 0 radical (unpaired) electrons. The van der Waals surface area contributed by atoms with Crippen LogP contribution in [0.4, 0.5) is 4.79 Å². The maximum absolute atomic E-state index is 10.9. The second-order valence-electron chi connectivity index (χ2n) is 3.17. The molecule has 0 bridgehead atoms. The number of carbonyl (C=O) groups excluding carboxylic acids is 1. The van der Waals surface area contributed by atoms with Gasteiger partial charge in [0.05, 0.1) is 7.11 Å². The zero-order valence-corrected chi connectivity index (χ0v) is 7.38. The third kappa shape index (κ3) is 2.11. The summed E-state index contributed by atoms with van der Waals surface area (Å²) in [4.78, 5) is 10.9. The molecule has 3 N–H and O–H groups in total. The highest BCUT2D eigenvalue weighted by molar-refractivity contribution is 5.67. The molecule has 2 unspecified atom stereocenters. The fourth-order valence-electron chi connectivity index (χ4n) is 1.72. The van der Waals surface area contributed by atoms with Crippen molar-refractivity contribution in [3.63, 3.8) is 0 Å². The van der Waals surface area contributed by atoms with Crippen molar-refractivity contribution in [2.45, 2.75) is 25.3 Å². The predicted molar refractivity (Wildman–Crippen MR) is 45.7 cm³/mol. The van der Waals surface area contributed by atoms with Gasteiger partial charge in [0.25, 0.3) is 0 Å². The topological polar surface area (TPSA) is 64.3 Å². The van der Waals surface area contributed by atoms with E-state index in [4.69, 9.17) is 5.73 Å². The van der Waals surface area contributed by atoms with Gasteiger partial charge in [-0.1, -0.05) is 6.42 Å². The van der Waals surface area contributed by atoms with Crippen molar-refractivity contribution in [3.05, 3.63) is 0 Å². The number of methoxy groups -OCH3 is 1. The van der Waals surface area contributed by atoms with Gasteiger partial charge in [-0.2, -0.15) is 0 Å². The van der Waals surface area contributed by atoms with Crippen LogP contribution in [0.5, 0.6) is 0 Å². The van der Waals surface area contributed by atoms with Crippen LogP contribution in [0.3, 0.4) is 0 Å². The van der Waals surface area contributed by atoms with Crippen LogP contribution in [0.15, 0.2) is 0 Å². The Balaban J connectivity index is 2.35. The predicted octanol–water partition coefficient (Wildman–Crippen LogP) is 0.470. The van der Waals surface area contributed by atoms with Gasteiger partial charge >= 0.3 is 6.09 Å². The van der Waals surface area contributed by atoms with Crippen molar-refractivity contribution in [1.82, 2.24) is 5.32 Å². The molecule has 1 amide bonds. The van der Waals surface area contributed by atoms with Gasteiger partial charge in [-0.15, -0.1) is 0 Å². The summed E-state index contributed by atoms with van der Waals surface area (Å²) in [6, 6.07) is 0.224. The van der Waals surface area contributed by atoms with Crippen LogP contribution in [-0.4, -0.2) is 25.8 Å². The van der Waals surface area contributed by atoms with Gasteiger partial charge in [-0.25, -0.2) is 4.79 Å². The van der Waals surface area contributed by atoms with Gasteiger partial charge in [-0.3, -0.25) is 0 Å².